The van der Waals surface area contributed by atoms with E-state index < -0.39 is 0 Å². The van der Waals surface area contributed by atoms with Crippen LogP contribution in [0.25, 0.3) is 0 Å². The van der Waals surface area contributed by atoms with E-state index in [0.29, 0.717) is 24.2 Å². The molecule has 0 amide bonds. The van der Waals surface area contributed by atoms with Gasteiger partial charge in [-0.15, -0.1) is 11.6 Å². The molecule has 2 aromatic rings. The van der Waals surface area contributed by atoms with E-state index in [2.05, 4.69) is 24.3 Å². The summed E-state index contributed by atoms with van der Waals surface area (Å²) in [6.45, 7) is 0.522. The summed E-state index contributed by atoms with van der Waals surface area (Å²) in [5, 5.41) is 0. The van der Waals surface area contributed by atoms with Gasteiger partial charge in [-0.2, -0.15) is 0 Å². The quantitative estimate of drug-likeness (QED) is 0.717. The van der Waals surface area contributed by atoms with E-state index in [9.17, 15) is 4.39 Å². The first kappa shape index (κ1) is 14.4. The van der Waals surface area contributed by atoms with Crippen molar-refractivity contribution in [2.75, 3.05) is 6.61 Å². The van der Waals surface area contributed by atoms with Gasteiger partial charge < -0.3 is 4.74 Å². The highest BCUT2D eigenvalue weighted by Crippen LogP contribution is 2.32. The fourth-order valence-electron chi connectivity index (χ4n) is 2.96. The van der Waals surface area contributed by atoms with Crippen molar-refractivity contribution < 1.29 is 9.13 Å². The molecule has 1 nitrogen and oxygen atoms in total. The number of ether oxygens (including phenoxy) is 1. The van der Waals surface area contributed by atoms with Gasteiger partial charge in [0.15, 0.2) is 11.6 Å². The third-order valence-corrected chi connectivity index (χ3v) is 4.39. The molecule has 1 aliphatic carbocycles. The highest BCUT2D eigenvalue weighted by Gasteiger charge is 2.20. The minimum Gasteiger partial charge on any atom is -0.490 e. The van der Waals surface area contributed by atoms with Crippen molar-refractivity contribution in [2.24, 2.45) is 0 Å². The minimum atomic E-state index is -0.336. The number of aryl methyl sites for hydroxylation is 1. The Morgan fingerprint density at radius 3 is 2.86 bits per heavy atom. The summed E-state index contributed by atoms with van der Waals surface area (Å²) >= 11 is 5.70. The Balaban J connectivity index is 1.71. The van der Waals surface area contributed by atoms with Gasteiger partial charge in [-0.1, -0.05) is 30.3 Å². The highest BCUT2D eigenvalue weighted by molar-refractivity contribution is 6.17. The van der Waals surface area contributed by atoms with Crippen molar-refractivity contribution >= 4 is 11.6 Å². The van der Waals surface area contributed by atoms with E-state index in [4.69, 9.17) is 16.3 Å². The molecule has 0 spiro atoms. The van der Waals surface area contributed by atoms with Gasteiger partial charge in [-0.25, -0.2) is 4.39 Å². The van der Waals surface area contributed by atoms with Crippen LogP contribution < -0.4 is 4.74 Å². The van der Waals surface area contributed by atoms with Crippen LogP contribution in [0.3, 0.4) is 0 Å². The second-order valence-electron chi connectivity index (χ2n) is 5.50. The largest absolute Gasteiger partial charge is 0.490 e. The molecule has 2 aromatic carbocycles. The molecule has 0 saturated heterocycles. The summed E-state index contributed by atoms with van der Waals surface area (Å²) in [5.41, 5.74) is 3.52. The molecule has 1 aliphatic rings. The smallest absolute Gasteiger partial charge is 0.165 e. The van der Waals surface area contributed by atoms with E-state index in [1.165, 1.54) is 23.6 Å². The van der Waals surface area contributed by atoms with Gasteiger partial charge in [0, 0.05) is 11.8 Å². The van der Waals surface area contributed by atoms with Crippen LogP contribution in [0.1, 0.15) is 35.4 Å². The van der Waals surface area contributed by atoms with E-state index in [0.717, 1.165) is 18.4 Å². The van der Waals surface area contributed by atoms with Crippen LogP contribution in [0.5, 0.6) is 5.75 Å². The molecule has 0 saturated carbocycles. The lowest BCUT2D eigenvalue weighted by molar-refractivity contribution is 0.263. The molecule has 0 aliphatic heterocycles. The van der Waals surface area contributed by atoms with Crippen LogP contribution in [0.15, 0.2) is 42.5 Å². The number of benzene rings is 2. The number of hydrogen-bond acceptors (Lipinski definition) is 1. The Hall–Kier alpha value is -1.54. The molecule has 3 heteroatoms. The topological polar surface area (TPSA) is 9.23 Å². The molecule has 0 heterocycles. The first-order valence-corrected chi connectivity index (χ1v) is 7.86. The standard InChI is InChI=1S/C18H18ClFO/c19-11-13-8-9-18(17(20)10-13)21-12-15-6-3-5-14-4-1-2-7-16(14)15/h1-2,4,7-10,15H,3,5-6,11-12H2. The lowest BCUT2D eigenvalue weighted by atomic mass is 9.83. The predicted octanol–water partition coefficient (Wildman–Crippen LogP) is 5.06. The van der Waals surface area contributed by atoms with Gasteiger partial charge in [0.25, 0.3) is 0 Å². The summed E-state index contributed by atoms with van der Waals surface area (Å²) in [4.78, 5) is 0. The molecule has 110 valence electrons. The van der Waals surface area contributed by atoms with Crippen molar-refractivity contribution in [1.82, 2.24) is 0 Å². The maximum absolute atomic E-state index is 13.9. The van der Waals surface area contributed by atoms with Crippen LogP contribution in [-0.4, -0.2) is 6.61 Å². The first-order chi connectivity index (χ1) is 10.3. The zero-order chi connectivity index (χ0) is 14.7. The number of rotatable bonds is 4. The van der Waals surface area contributed by atoms with E-state index in [1.807, 2.05) is 0 Å². The first-order valence-electron chi connectivity index (χ1n) is 7.33. The Bertz CT molecular complexity index is 626. The van der Waals surface area contributed by atoms with Gasteiger partial charge >= 0.3 is 0 Å². The minimum absolute atomic E-state index is 0.312. The van der Waals surface area contributed by atoms with Gasteiger partial charge in [-0.3, -0.25) is 0 Å². The molecule has 21 heavy (non-hydrogen) atoms. The van der Waals surface area contributed by atoms with E-state index >= 15 is 0 Å². The van der Waals surface area contributed by atoms with Gasteiger partial charge in [0.05, 0.1) is 6.61 Å². The molecule has 1 unspecified atom stereocenters. The predicted molar refractivity (Wildman–Crippen MR) is 83.6 cm³/mol. The van der Waals surface area contributed by atoms with Gasteiger partial charge in [0.2, 0.25) is 0 Å². The highest BCUT2D eigenvalue weighted by atomic mass is 35.5. The third kappa shape index (κ3) is 3.21. The average molecular weight is 305 g/mol. The summed E-state index contributed by atoms with van der Waals surface area (Å²) < 4.78 is 19.6. The lowest BCUT2D eigenvalue weighted by Gasteiger charge is -2.25. The van der Waals surface area contributed by atoms with E-state index in [1.54, 1.807) is 12.1 Å². The van der Waals surface area contributed by atoms with Crippen LogP contribution in [0.4, 0.5) is 4.39 Å². The summed E-state index contributed by atoms with van der Waals surface area (Å²) in [7, 11) is 0. The van der Waals surface area contributed by atoms with Crippen molar-refractivity contribution in [2.45, 2.75) is 31.1 Å². The summed E-state index contributed by atoms with van der Waals surface area (Å²) in [5.74, 6) is 0.638. The zero-order valence-corrected chi connectivity index (χ0v) is 12.6. The molecule has 0 fully saturated rings. The second-order valence-corrected chi connectivity index (χ2v) is 5.76. The molecule has 0 N–H and O–H groups in total. The Morgan fingerprint density at radius 1 is 1.19 bits per heavy atom. The number of fused-ring (bicyclic) bond motifs is 1. The van der Waals surface area contributed by atoms with Gasteiger partial charge in [-0.05, 0) is 48.1 Å². The SMILES string of the molecule is Fc1cc(CCl)ccc1OCC1CCCc2ccccc21. The third-order valence-electron chi connectivity index (χ3n) is 4.08. The molecular weight excluding hydrogens is 287 g/mol. The van der Waals surface area contributed by atoms with Crippen LogP contribution in [0, 0.1) is 5.82 Å². The molecule has 0 aromatic heterocycles. The number of hydrogen-bond donors (Lipinski definition) is 0. The van der Waals surface area contributed by atoms with Crippen molar-refractivity contribution in [1.29, 1.82) is 0 Å². The molecular formula is C18H18ClFO. The maximum Gasteiger partial charge on any atom is 0.165 e. The summed E-state index contributed by atoms with van der Waals surface area (Å²) in [6, 6.07) is 13.4. The second kappa shape index (κ2) is 6.48. The van der Waals surface area contributed by atoms with Crippen molar-refractivity contribution in [3.05, 3.63) is 65.0 Å². The van der Waals surface area contributed by atoms with Crippen LogP contribution in [-0.2, 0) is 12.3 Å². The van der Waals surface area contributed by atoms with Crippen molar-refractivity contribution in [3.8, 4) is 5.75 Å². The number of halogens is 2. The normalized spacial score (nSPS) is 17.3. The van der Waals surface area contributed by atoms with Gasteiger partial charge in [0.1, 0.15) is 0 Å². The Labute approximate surface area is 129 Å². The van der Waals surface area contributed by atoms with Crippen LogP contribution in [0.2, 0.25) is 0 Å². The van der Waals surface area contributed by atoms with E-state index in [-0.39, 0.29) is 5.82 Å². The maximum atomic E-state index is 13.9. The van der Waals surface area contributed by atoms with Crippen molar-refractivity contribution in [3.63, 3.8) is 0 Å². The van der Waals surface area contributed by atoms with Crippen LogP contribution >= 0.6 is 11.6 Å². The molecule has 0 radical (unpaired) electrons. The molecule has 1 atom stereocenters. The number of alkyl halides is 1. The fourth-order valence-corrected chi connectivity index (χ4v) is 3.13. The fraction of sp³-hybridized carbons (Fsp3) is 0.333. The Kier molecular flexibility index (Phi) is 4.45. The summed E-state index contributed by atoms with van der Waals surface area (Å²) in [6.07, 6.45) is 3.39. The monoisotopic (exact) mass is 304 g/mol. The Morgan fingerprint density at radius 2 is 2.05 bits per heavy atom. The lowest BCUT2D eigenvalue weighted by Crippen LogP contribution is -2.17. The zero-order valence-electron chi connectivity index (χ0n) is 11.8. The molecule has 3 rings (SSSR count). The molecule has 0 bridgehead atoms. The average Bonchev–Trinajstić information content (AvgIpc) is 2.53.